The molecule has 8 heteroatoms. The van der Waals surface area contributed by atoms with E-state index in [1.807, 2.05) is 0 Å². The fourth-order valence-corrected chi connectivity index (χ4v) is 1.45. The molecule has 140 valence electrons. The lowest BCUT2D eigenvalue weighted by molar-refractivity contribution is -0.0168. The van der Waals surface area contributed by atoms with Crippen molar-refractivity contribution >= 4 is 0 Å². The van der Waals surface area contributed by atoms with Crippen LogP contribution in [0.4, 0.5) is 0 Å². The zero-order valence-electron chi connectivity index (χ0n) is 14.1. The van der Waals surface area contributed by atoms with Crippen LogP contribution in [0.15, 0.2) is 0 Å². The van der Waals surface area contributed by atoms with Crippen LogP contribution < -0.4 is 5.73 Å². The summed E-state index contributed by atoms with van der Waals surface area (Å²) in [6.45, 7) is 7.27. The van der Waals surface area contributed by atoms with E-state index in [1.165, 1.54) is 0 Å². The van der Waals surface area contributed by atoms with Crippen LogP contribution in [0.2, 0.25) is 0 Å². The Bertz CT molecular complexity index is 190. The van der Waals surface area contributed by atoms with Crippen molar-refractivity contribution in [1.82, 2.24) is 0 Å². The van der Waals surface area contributed by atoms with E-state index in [1.54, 1.807) is 0 Å². The maximum Gasteiger partial charge on any atom is 0.0701 e. The molecule has 3 N–H and O–H groups in total. The molecule has 0 radical (unpaired) electrons. The minimum atomic E-state index is 0.159. The zero-order valence-corrected chi connectivity index (χ0v) is 14.1. The topological polar surface area (TPSA) is 102 Å². The summed E-state index contributed by atoms with van der Waals surface area (Å²) >= 11 is 0. The third kappa shape index (κ3) is 21.7. The lowest BCUT2D eigenvalue weighted by Gasteiger charge is -2.08. The number of hydrogen-bond donors (Lipinski definition) is 2. The Morgan fingerprint density at radius 1 is 0.478 bits per heavy atom. The van der Waals surface area contributed by atoms with Crippen LogP contribution in [0.5, 0.6) is 0 Å². The van der Waals surface area contributed by atoms with Crippen molar-refractivity contribution in [2.75, 3.05) is 92.4 Å². The van der Waals surface area contributed by atoms with Crippen molar-refractivity contribution in [1.29, 1.82) is 0 Å². The largest absolute Gasteiger partial charge is 0.396 e. The fraction of sp³-hybridized carbons (Fsp3) is 1.00. The summed E-state index contributed by atoms with van der Waals surface area (Å²) in [4.78, 5) is 0. The van der Waals surface area contributed by atoms with Gasteiger partial charge in [0.05, 0.1) is 72.7 Å². The van der Waals surface area contributed by atoms with Crippen molar-refractivity contribution in [3.8, 4) is 0 Å². The van der Waals surface area contributed by atoms with Crippen LogP contribution >= 0.6 is 0 Å². The molecule has 0 spiro atoms. The molecule has 8 nitrogen and oxygen atoms in total. The Balaban J connectivity index is 2.92. The highest BCUT2D eigenvalue weighted by atomic mass is 16.6. The monoisotopic (exact) mass is 339 g/mol. The molecule has 0 atom stereocenters. The predicted molar refractivity (Wildman–Crippen MR) is 85.7 cm³/mol. The lowest BCUT2D eigenvalue weighted by Crippen LogP contribution is -2.15. The first-order chi connectivity index (χ1) is 11.4. The number of ether oxygens (including phenoxy) is 6. The highest BCUT2D eigenvalue weighted by Crippen LogP contribution is 1.85. The molecule has 0 aromatic carbocycles. The SMILES string of the molecule is NCCOCCOCCOCCOCCOCCOCCCO. The average molecular weight is 339 g/mol. The van der Waals surface area contributed by atoms with Gasteiger partial charge in [0.25, 0.3) is 0 Å². The van der Waals surface area contributed by atoms with Gasteiger partial charge in [-0.25, -0.2) is 0 Å². The number of aliphatic hydroxyl groups excluding tert-OH is 1. The third-order valence-electron chi connectivity index (χ3n) is 2.57. The summed E-state index contributed by atoms with van der Waals surface area (Å²) in [6, 6.07) is 0. The molecule has 0 aromatic heterocycles. The molecule has 0 amide bonds. The minimum Gasteiger partial charge on any atom is -0.396 e. The van der Waals surface area contributed by atoms with E-state index in [0.29, 0.717) is 92.2 Å². The Hall–Kier alpha value is -0.320. The molecule has 0 aliphatic carbocycles. The van der Waals surface area contributed by atoms with Gasteiger partial charge in [0, 0.05) is 19.8 Å². The first-order valence-corrected chi connectivity index (χ1v) is 8.19. The molecule has 0 heterocycles. The second-order valence-corrected chi connectivity index (χ2v) is 4.54. The fourth-order valence-electron chi connectivity index (χ4n) is 1.45. The van der Waals surface area contributed by atoms with Gasteiger partial charge in [-0.15, -0.1) is 0 Å². The van der Waals surface area contributed by atoms with Crippen molar-refractivity contribution in [3.63, 3.8) is 0 Å². The van der Waals surface area contributed by atoms with Crippen LogP contribution in [0.1, 0.15) is 6.42 Å². The third-order valence-corrected chi connectivity index (χ3v) is 2.57. The van der Waals surface area contributed by atoms with Gasteiger partial charge in [0.2, 0.25) is 0 Å². The van der Waals surface area contributed by atoms with E-state index in [4.69, 9.17) is 39.3 Å². The van der Waals surface area contributed by atoms with Gasteiger partial charge in [-0.2, -0.15) is 0 Å². The molecule has 0 aliphatic heterocycles. The molecule has 0 fully saturated rings. The molecule has 0 unspecified atom stereocenters. The Morgan fingerprint density at radius 2 is 0.783 bits per heavy atom. The van der Waals surface area contributed by atoms with Gasteiger partial charge in [0.15, 0.2) is 0 Å². The maximum atomic E-state index is 8.56. The van der Waals surface area contributed by atoms with Gasteiger partial charge in [0.1, 0.15) is 0 Å². The van der Waals surface area contributed by atoms with Crippen LogP contribution in [0, 0.1) is 0 Å². The van der Waals surface area contributed by atoms with E-state index < -0.39 is 0 Å². The van der Waals surface area contributed by atoms with Gasteiger partial charge >= 0.3 is 0 Å². The van der Waals surface area contributed by atoms with Gasteiger partial charge < -0.3 is 39.3 Å². The second kappa shape index (κ2) is 21.7. The molecule has 23 heavy (non-hydrogen) atoms. The molecule has 0 aliphatic rings. The first kappa shape index (κ1) is 22.7. The molecule has 0 aromatic rings. The molecule has 0 saturated carbocycles. The van der Waals surface area contributed by atoms with Crippen molar-refractivity contribution in [3.05, 3.63) is 0 Å². The Kier molecular flexibility index (Phi) is 21.4. The average Bonchev–Trinajstić information content (AvgIpc) is 2.57. The summed E-state index contributed by atoms with van der Waals surface area (Å²) in [6.07, 6.45) is 0.663. The number of rotatable bonds is 20. The van der Waals surface area contributed by atoms with E-state index in [2.05, 4.69) is 0 Å². The van der Waals surface area contributed by atoms with Crippen LogP contribution in [0.25, 0.3) is 0 Å². The number of nitrogens with two attached hydrogens (primary N) is 1. The standard InChI is InChI=1S/C15H33NO7/c16-2-5-19-7-9-21-11-13-23-15-14-22-12-10-20-8-6-18-4-1-3-17/h17H,1-16H2. The summed E-state index contributed by atoms with van der Waals surface area (Å²) in [5, 5.41) is 8.56. The molecular weight excluding hydrogens is 306 g/mol. The van der Waals surface area contributed by atoms with Crippen LogP contribution in [-0.2, 0) is 28.4 Å². The van der Waals surface area contributed by atoms with Crippen LogP contribution in [-0.4, -0.2) is 97.5 Å². The van der Waals surface area contributed by atoms with Crippen molar-refractivity contribution in [2.24, 2.45) is 5.73 Å². The number of hydrogen-bond acceptors (Lipinski definition) is 8. The first-order valence-electron chi connectivity index (χ1n) is 8.19. The quantitative estimate of drug-likeness (QED) is 0.284. The summed E-state index contributed by atoms with van der Waals surface area (Å²) < 4.78 is 31.7. The summed E-state index contributed by atoms with van der Waals surface area (Å²) in [7, 11) is 0. The Labute approximate surface area is 139 Å². The predicted octanol–water partition coefficient (Wildman–Crippen LogP) is -0.573. The molecule has 0 rings (SSSR count). The van der Waals surface area contributed by atoms with Gasteiger partial charge in [-0.05, 0) is 6.42 Å². The van der Waals surface area contributed by atoms with Crippen molar-refractivity contribution < 1.29 is 33.5 Å². The smallest absolute Gasteiger partial charge is 0.0701 e. The van der Waals surface area contributed by atoms with Gasteiger partial charge in [-0.3, -0.25) is 0 Å². The van der Waals surface area contributed by atoms with Gasteiger partial charge in [-0.1, -0.05) is 0 Å². The van der Waals surface area contributed by atoms with E-state index in [9.17, 15) is 0 Å². The molecule has 0 bridgehead atoms. The Morgan fingerprint density at radius 3 is 1.09 bits per heavy atom. The second-order valence-electron chi connectivity index (χ2n) is 4.54. The molecular formula is C15H33NO7. The zero-order chi connectivity index (χ0) is 16.8. The lowest BCUT2D eigenvalue weighted by atomic mass is 10.5. The van der Waals surface area contributed by atoms with E-state index >= 15 is 0 Å². The van der Waals surface area contributed by atoms with E-state index in [-0.39, 0.29) is 6.61 Å². The number of aliphatic hydroxyl groups is 1. The molecule has 0 saturated heterocycles. The highest BCUT2D eigenvalue weighted by Gasteiger charge is 1.93. The van der Waals surface area contributed by atoms with E-state index in [0.717, 1.165) is 0 Å². The minimum absolute atomic E-state index is 0.159. The normalized spacial score (nSPS) is 11.2. The summed E-state index contributed by atoms with van der Waals surface area (Å²) in [5.41, 5.74) is 5.29. The highest BCUT2D eigenvalue weighted by molar-refractivity contribution is 4.37. The summed E-state index contributed by atoms with van der Waals surface area (Å²) in [5.74, 6) is 0. The van der Waals surface area contributed by atoms with Crippen molar-refractivity contribution in [2.45, 2.75) is 6.42 Å². The van der Waals surface area contributed by atoms with Crippen LogP contribution in [0.3, 0.4) is 0 Å². The maximum absolute atomic E-state index is 8.56.